The molecule has 4 heteroatoms. The first-order valence-corrected chi connectivity index (χ1v) is 6.28. The number of hydrogen-bond acceptors (Lipinski definition) is 4. The number of aryl methyl sites for hydroxylation is 1. The molecule has 0 unspecified atom stereocenters. The van der Waals surface area contributed by atoms with Gasteiger partial charge in [-0.05, 0) is 26.3 Å². The number of aliphatic hydroxyl groups excluding tert-OH is 1. The lowest BCUT2D eigenvalue weighted by Crippen LogP contribution is -2.25. The van der Waals surface area contributed by atoms with Gasteiger partial charge < -0.3 is 19.3 Å². The van der Waals surface area contributed by atoms with Crippen molar-refractivity contribution in [2.75, 3.05) is 19.8 Å². The van der Waals surface area contributed by atoms with Gasteiger partial charge in [0.05, 0.1) is 6.61 Å². The highest BCUT2D eigenvalue weighted by Gasteiger charge is 2.12. The maximum absolute atomic E-state index is 9.27. The fourth-order valence-corrected chi connectivity index (χ4v) is 1.71. The zero-order valence-electron chi connectivity index (χ0n) is 11.3. The molecule has 0 aliphatic heterocycles. The van der Waals surface area contributed by atoms with Gasteiger partial charge in [-0.15, -0.1) is 0 Å². The van der Waals surface area contributed by atoms with Gasteiger partial charge in [-0.3, -0.25) is 0 Å². The topological polar surface area (TPSA) is 47.9 Å². The van der Waals surface area contributed by atoms with Crippen LogP contribution < -0.4 is 4.74 Å². The number of hydrogen-bond donors (Lipinski definition) is 1. The van der Waals surface area contributed by atoms with Gasteiger partial charge in [0.1, 0.15) is 12.4 Å². The van der Waals surface area contributed by atoms with Crippen molar-refractivity contribution in [2.45, 2.75) is 33.7 Å². The summed E-state index contributed by atoms with van der Waals surface area (Å²) in [6.07, 6.45) is -0.369. The quantitative estimate of drug-likeness (QED) is 0.723. The molecule has 0 aromatic heterocycles. The summed E-state index contributed by atoms with van der Waals surface area (Å²) in [6, 6.07) is 5.69. The molecule has 4 nitrogen and oxygen atoms in total. The first-order valence-electron chi connectivity index (χ1n) is 6.28. The zero-order chi connectivity index (χ0) is 13.4. The molecule has 0 heterocycles. The Morgan fingerprint density at radius 3 is 2.39 bits per heavy atom. The lowest BCUT2D eigenvalue weighted by Gasteiger charge is -2.19. The molecule has 1 aromatic rings. The van der Waals surface area contributed by atoms with Crippen molar-refractivity contribution in [3.8, 4) is 5.75 Å². The van der Waals surface area contributed by atoms with Crippen molar-refractivity contribution < 1.29 is 19.3 Å². The predicted molar refractivity (Wildman–Crippen MR) is 69.6 cm³/mol. The summed E-state index contributed by atoms with van der Waals surface area (Å²) in [5.74, 6) is 0.712. The van der Waals surface area contributed by atoms with E-state index in [0.29, 0.717) is 25.6 Å². The van der Waals surface area contributed by atoms with Gasteiger partial charge in [0.25, 0.3) is 0 Å². The molecule has 0 saturated heterocycles. The average molecular weight is 254 g/mol. The highest BCUT2D eigenvalue weighted by atomic mass is 16.7. The van der Waals surface area contributed by atoms with Crippen LogP contribution in [-0.2, 0) is 16.1 Å². The van der Waals surface area contributed by atoms with Crippen molar-refractivity contribution in [1.29, 1.82) is 0 Å². The number of para-hydroxylation sites is 1. The Labute approximate surface area is 108 Å². The van der Waals surface area contributed by atoms with Crippen molar-refractivity contribution in [2.24, 2.45) is 0 Å². The molecule has 0 fully saturated rings. The molecule has 0 saturated carbocycles. The molecule has 102 valence electrons. The van der Waals surface area contributed by atoms with Crippen LogP contribution in [-0.4, -0.2) is 31.2 Å². The van der Waals surface area contributed by atoms with E-state index in [2.05, 4.69) is 0 Å². The fourth-order valence-electron chi connectivity index (χ4n) is 1.71. The van der Waals surface area contributed by atoms with Crippen LogP contribution in [0.3, 0.4) is 0 Å². The summed E-state index contributed by atoms with van der Waals surface area (Å²) in [4.78, 5) is 0. The van der Waals surface area contributed by atoms with E-state index in [1.54, 1.807) is 0 Å². The van der Waals surface area contributed by atoms with Crippen molar-refractivity contribution >= 4 is 0 Å². The Hall–Kier alpha value is -1.10. The van der Waals surface area contributed by atoms with Crippen molar-refractivity contribution in [1.82, 2.24) is 0 Å². The van der Waals surface area contributed by atoms with Crippen LogP contribution in [0, 0.1) is 6.92 Å². The van der Waals surface area contributed by atoms with Gasteiger partial charge in [0.15, 0.2) is 6.29 Å². The molecule has 1 N–H and O–H groups in total. The molecule has 0 atom stereocenters. The molecule has 0 radical (unpaired) electrons. The van der Waals surface area contributed by atoms with Crippen LogP contribution in [0.4, 0.5) is 0 Å². The van der Waals surface area contributed by atoms with Gasteiger partial charge in [-0.25, -0.2) is 0 Å². The molecule has 18 heavy (non-hydrogen) atoms. The molecule has 0 aliphatic carbocycles. The normalized spacial score (nSPS) is 10.9. The summed E-state index contributed by atoms with van der Waals surface area (Å²) >= 11 is 0. The number of aliphatic hydroxyl groups is 1. The maximum atomic E-state index is 9.27. The van der Waals surface area contributed by atoms with E-state index < -0.39 is 0 Å². The monoisotopic (exact) mass is 254 g/mol. The standard InChI is InChI=1S/C14H22O4/c1-4-16-13(17-5-2)10-18-14-11(3)7-6-8-12(14)9-15/h6-8,13,15H,4-5,9-10H2,1-3H3. The summed E-state index contributed by atoms with van der Waals surface area (Å²) in [6.45, 7) is 7.22. The Balaban J connectivity index is 2.66. The third-order valence-corrected chi connectivity index (χ3v) is 2.53. The van der Waals surface area contributed by atoms with E-state index in [0.717, 1.165) is 11.1 Å². The highest BCUT2D eigenvalue weighted by Crippen LogP contribution is 2.23. The summed E-state index contributed by atoms with van der Waals surface area (Å²) < 4.78 is 16.5. The largest absolute Gasteiger partial charge is 0.488 e. The molecule has 0 amide bonds. The summed E-state index contributed by atoms with van der Waals surface area (Å²) in [7, 11) is 0. The van der Waals surface area contributed by atoms with Crippen LogP contribution in [0.15, 0.2) is 18.2 Å². The second-order valence-corrected chi connectivity index (χ2v) is 3.87. The fraction of sp³-hybridized carbons (Fsp3) is 0.571. The third kappa shape index (κ3) is 4.29. The molecule has 0 spiro atoms. The smallest absolute Gasteiger partial charge is 0.191 e. The summed E-state index contributed by atoms with van der Waals surface area (Å²) in [5.41, 5.74) is 1.77. The second kappa shape index (κ2) is 8.08. The van der Waals surface area contributed by atoms with Crippen LogP contribution in [0.5, 0.6) is 5.75 Å². The van der Waals surface area contributed by atoms with Gasteiger partial charge >= 0.3 is 0 Å². The molecule has 0 aliphatic rings. The first-order chi connectivity index (χ1) is 8.72. The maximum Gasteiger partial charge on any atom is 0.191 e. The summed E-state index contributed by atoms with van der Waals surface area (Å²) in [5, 5.41) is 9.27. The van der Waals surface area contributed by atoms with Crippen LogP contribution >= 0.6 is 0 Å². The third-order valence-electron chi connectivity index (χ3n) is 2.53. The van der Waals surface area contributed by atoms with Crippen molar-refractivity contribution in [3.63, 3.8) is 0 Å². The van der Waals surface area contributed by atoms with Crippen molar-refractivity contribution in [3.05, 3.63) is 29.3 Å². The molecule has 1 rings (SSSR count). The van der Waals surface area contributed by atoms with E-state index in [1.807, 2.05) is 39.0 Å². The number of ether oxygens (including phenoxy) is 3. The van der Waals surface area contributed by atoms with Crippen LogP contribution in [0.2, 0.25) is 0 Å². The Kier molecular flexibility index (Phi) is 6.72. The van der Waals surface area contributed by atoms with Gasteiger partial charge in [0, 0.05) is 18.8 Å². The molecule has 0 bridgehead atoms. The number of benzene rings is 1. The van der Waals surface area contributed by atoms with E-state index in [-0.39, 0.29) is 12.9 Å². The van der Waals surface area contributed by atoms with Crippen LogP contribution in [0.1, 0.15) is 25.0 Å². The first kappa shape index (κ1) is 15.0. The SMILES string of the molecule is CCOC(COc1c(C)cccc1CO)OCC. The van der Waals surface area contributed by atoms with Gasteiger partial charge in [-0.1, -0.05) is 18.2 Å². The van der Waals surface area contributed by atoms with E-state index in [4.69, 9.17) is 14.2 Å². The predicted octanol–water partition coefficient (Wildman–Crippen LogP) is 2.27. The zero-order valence-corrected chi connectivity index (χ0v) is 11.3. The lowest BCUT2D eigenvalue weighted by molar-refractivity contribution is -0.152. The molecule has 1 aromatic carbocycles. The minimum Gasteiger partial charge on any atom is -0.488 e. The lowest BCUT2D eigenvalue weighted by atomic mass is 10.1. The number of rotatable bonds is 8. The van der Waals surface area contributed by atoms with E-state index >= 15 is 0 Å². The highest BCUT2D eigenvalue weighted by molar-refractivity contribution is 5.40. The second-order valence-electron chi connectivity index (χ2n) is 3.87. The van der Waals surface area contributed by atoms with E-state index in [1.165, 1.54) is 0 Å². The Morgan fingerprint density at radius 1 is 1.17 bits per heavy atom. The molecular formula is C14H22O4. The van der Waals surface area contributed by atoms with Gasteiger partial charge in [0.2, 0.25) is 0 Å². The van der Waals surface area contributed by atoms with E-state index in [9.17, 15) is 5.11 Å². The minimum absolute atomic E-state index is 0.0368. The average Bonchev–Trinajstić information content (AvgIpc) is 2.37. The van der Waals surface area contributed by atoms with Gasteiger partial charge in [-0.2, -0.15) is 0 Å². The molecular weight excluding hydrogens is 232 g/mol. The Morgan fingerprint density at radius 2 is 1.83 bits per heavy atom. The minimum atomic E-state index is -0.369. The Bertz CT molecular complexity index is 346. The van der Waals surface area contributed by atoms with Crippen LogP contribution in [0.25, 0.3) is 0 Å².